The third-order valence-corrected chi connectivity index (χ3v) is 15.2. The average molecular weight is 1200 g/mol. The molecule has 0 bridgehead atoms. The van der Waals surface area contributed by atoms with Crippen molar-refractivity contribution < 1.29 is 43.9 Å². The van der Waals surface area contributed by atoms with Crippen LogP contribution in [-0.4, -0.2) is 0 Å². The molecule has 0 aliphatic carbocycles. The monoisotopic (exact) mass is 1200 g/mol. The average Bonchev–Trinajstić information content (AvgIpc) is 2.35. The molecule has 0 spiro atoms. The van der Waals surface area contributed by atoms with E-state index in [1.807, 2.05) is 0 Å². The quantitative estimate of drug-likeness (QED) is 0.0839. The van der Waals surface area contributed by atoms with E-state index in [1.165, 1.54) is 85.2 Å². The van der Waals surface area contributed by atoms with Crippen molar-refractivity contribution in [2.45, 2.75) is 9.79 Å². The molecule has 0 fully saturated rings. The summed E-state index contributed by atoms with van der Waals surface area (Å²) in [5.41, 5.74) is -1.49. The van der Waals surface area contributed by atoms with Crippen molar-refractivity contribution in [3.63, 3.8) is 0 Å². The predicted octanol–water partition coefficient (Wildman–Crippen LogP) is 22.6. The molecule has 0 saturated carbocycles. The van der Waals surface area contributed by atoms with Gasteiger partial charge in [0.15, 0.2) is 0 Å². The van der Waals surface area contributed by atoms with Gasteiger partial charge in [0.1, 0.15) is 86.6 Å². The number of para-hydroxylation sites is 9. The van der Waals surface area contributed by atoms with Crippen LogP contribution in [0.4, 0.5) is 129 Å². The summed E-state index contributed by atoms with van der Waals surface area (Å²) >= 11 is 1.06. The molecule has 0 saturated heterocycles. The number of nitrogens with zero attached hydrogens (tertiary/aromatic N) is 5. The topological polar surface area (TPSA) is 16.2 Å². The fraction of sp³-hybridized carbons (Fsp3) is 0. The number of hydrogen-bond acceptors (Lipinski definition) is 6. The van der Waals surface area contributed by atoms with Crippen LogP contribution in [0.5, 0.6) is 0 Å². The smallest absolute Gasteiger partial charge is 0.150 e. The molecule has 88 heavy (non-hydrogen) atoms. The van der Waals surface area contributed by atoms with Crippen LogP contribution in [0.3, 0.4) is 0 Å². The second kappa shape index (κ2) is 25.1. The van der Waals surface area contributed by atoms with Gasteiger partial charge in [-0.3, -0.25) is 0 Å². The van der Waals surface area contributed by atoms with Gasteiger partial charge < -0.3 is 24.5 Å². The van der Waals surface area contributed by atoms with E-state index >= 15 is 43.9 Å². The molecule has 12 aromatic rings. The van der Waals surface area contributed by atoms with E-state index in [0.29, 0.717) is 21.2 Å². The van der Waals surface area contributed by atoms with Gasteiger partial charge in [0.05, 0.1) is 17.1 Å². The fourth-order valence-electron chi connectivity index (χ4n) is 10.5. The Kier molecular flexibility index (Phi) is 16.5. The maximum absolute atomic E-state index is 17.0. The molecule has 0 aliphatic rings. The Labute approximate surface area is 504 Å². The summed E-state index contributed by atoms with van der Waals surface area (Å²) in [6.45, 7) is 0. The lowest BCUT2D eigenvalue weighted by Crippen LogP contribution is -2.19. The van der Waals surface area contributed by atoms with Crippen molar-refractivity contribution in [2.75, 3.05) is 24.5 Å². The summed E-state index contributed by atoms with van der Waals surface area (Å²) in [5, 5.41) is 0. The van der Waals surface area contributed by atoms with E-state index in [4.69, 9.17) is 0 Å². The van der Waals surface area contributed by atoms with Crippen molar-refractivity contribution in [3.05, 3.63) is 331 Å². The highest BCUT2D eigenvalue weighted by molar-refractivity contribution is 7.99. The minimum absolute atomic E-state index is 0.0412. The van der Waals surface area contributed by atoms with Crippen molar-refractivity contribution in [3.8, 4) is 0 Å². The molecule has 0 radical (unpaired) electrons. The molecule has 16 heteroatoms. The Hall–Kier alpha value is -10.7. The van der Waals surface area contributed by atoms with Gasteiger partial charge in [-0.25, -0.2) is 43.9 Å². The molecular formula is C72H45F10N5S. The molecule has 0 heterocycles. The first-order valence-electron chi connectivity index (χ1n) is 27.3. The standard InChI is InChI=1S/C72H45F10N5S/c73-58-29-14-30-59(74)68(58)83(46-19-5-1-6-20-46)51-39-52(84(47-21-7-2-8-22-47)69-60(75)31-15-32-61(69)76)41-53(40-51)87(72-66(81)37-18-38-67(72)82)50-27-13-28-56(43-50)88-57-44-54(85(48-23-9-3-10-24-48)70-62(77)33-16-34-63(70)78)42-55(45-57)86(49-25-11-4-12-26-49)71-64(79)35-17-36-65(71)80/h1-45H. The summed E-state index contributed by atoms with van der Waals surface area (Å²) in [6, 6.07) is 65.0. The summed E-state index contributed by atoms with van der Waals surface area (Å²) in [5.74, 6) is -9.84. The summed E-state index contributed by atoms with van der Waals surface area (Å²) < 4.78 is 165. The summed E-state index contributed by atoms with van der Waals surface area (Å²) in [6.07, 6.45) is 0. The van der Waals surface area contributed by atoms with Crippen molar-refractivity contribution in [2.24, 2.45) is 0 Å². The maximum atomic E-state index is 17.0. The Bertz CT molecular complexity index is 4160. The first-order chi connectivity index (χ1) is 42.8. The Balaban J connectivity index is 1.10. The molecule has 0 unspecified atom stereocenters. The van der Waals surface area contributed by atoms with Crippen LogP contribution in [0.15, 0.2) is 283 Å². The van der Waals surface area contributed by atoms with Gasteiger partial charge in [-0.05, 0) is 164 Å². The Morgan fingerprint density at radius 1 is 0.170 bits per heavy atom. The van der Waals surface area contributed by atoms with Gasteiger partial charge in [-0.1, -0.05) is 121 Å². The lowest BCUT2D eigenvalue weighted by atomic mass is 10.1. The number of anilines is 15. The third kappa shape index (κ3) is 11.6. The Morgan fingerprint density at radius 3 is 0.614 bits per heavy atom. The second-order valence-corrected chi connectivity index (χ2v) is 21.0. The molecule has 0 N–H and O–H groups in total. The summed E-state index contributed by atoms with van der Waals surface area (Å²) in [4.78, 5) is 7.04. The van der Waals surface area contributed by atoms with Crippen LogP contribution >= 0.6 is 11.8 Å². The second-order valence-electron chi connectivity index (χ2n) is 19.9. The predicted molar refractivity (Wildman–Crippen MR) is 330 cm³/mol. The van der Waals surface area contributed by atoms with E-state index < -0.39 is 86.6 Å². The van der Waals surface area contributed by atoms with Crippen LogP contribution < -0.4 is 24.5 Å². The van der Waals surface area contributed by atoms with E-state index in [9.17, 15) is 0 Å². The highest BCUT2D eigenvalue weighted by atomic mass is 32.2. The molecule has 434 valence electrons. The zero-order chi connectivity index (χ0) is 61.0. The lowest BCUT2D eigenvalue weighted by Gasteiger charge is -2.33. The normalized spacial score (nSPS) is 11.1. The highest BCUT2D eigenvalue weighted by Gasteiger charge is 2.31. The first kappa shape index (κ1) is 57.7. The SMILES string of the molecule is Fc1cccc(F)c1N(c1ccccc1)c1cc(Sc2cccc(N(c3cc(N(c4ccccc4)c4c(F)cccc4F)cc(N(c4ccccc4)c4c(F)cccc4F)c3)c3c(F)cccc3F)c2)cc(N(c2ccccc2)c2c(F)cccc2F)c1. The van der Waals surface area contributed by atoms with E-state index in [-0.39, 0.29) is 45.5 Å². The minimum Gasteiger partial charge on any atom is -0.305 e. The molecular weight excluding hydrogens is 1160 g/mol. The van der Waals surface area contributed by atoms with E-state index in [0.717, 1.165) is 72.4 Å². The minimum atomic E-state index is -1.06. The number of hydrogen-bond donors (Lipinski definition) is 0. The van der Waals surface area contributed by atoms with Crippen LogP contribution in [0.25, 0.3) is 0 Å². The molecule has 0 aliphatic heterocycles. The fourth-order valence-corrected chi connectivity index (χ4v) is 11.5. The zero-order valence-electron chi connectivity index (χ0n) is 45.9. The van der Waals surface area contributed by atoms with Gasteiger partial charge in [0, 0.05) is 49.6 Å². The number of rotatable bonds is 17. The zero-order valence-corrected chi connectivity index (χ0v) is 46.7. The van der Waals surface area contributed by atoms with Crippen molar-refractivity contribution in [1.29, 1.82) is 0 Å². The van der Waals surface area contributed by atoms with Crippen LogP contribution in [0.1, 0.15) is 0 Å². The van der Waals surface area contributed by atoms with E-state index in [2.05, 4.69) is 0 Å². The van der Waals surface area contributed by atoms with Gasteiger partial charge in [-0.15, -0.1) is 0 Å². The molecule has 12 rings (SSSR count). The summed E-state index contributed by atoms with van der Waals surface area (Å²) in [7, 11) is 0. The molecule has 0 amide bonds. The van der Waals surface area contributed by atoms with Gasteiger partial charge in [0.2, 0.25) is 0 Å². The highest BCUT2D eigenvalue weighted by Crippen LogP contribution is 2.51. The van der Waals surface area contributed by atoms with E-state index in [1.54, 1.807) is 152 Å². The third-order valence-electron chi connectivity index (χ3n) is 14.2. The lowest BCUT2D eigenvalue weighted by molar-refractivity contribution is 0.584. The number of benzene rings is 12. The van der Waals surface area contributed by atoms with Gasteiger partial charge in [0.25, 0.3) is 0 Å². The first-order valence-corrected chi connectivity index (χ1v) is 28.1. The molecule has 5 nitrogen and oxygen atoms in total. The molecule has 0 atom stereocenters. The van der Waals surface area contributed by atoms with Crippen molar-refractivity contribution in [1.82, 2.24) is 0 Å². The van der Waals surface area contributed by atoms with Crippen LogP contribution in [0.2, 0.25) is 0 Å². The van der Waals surface area contributed by atoms with Gasteiger partial charge >= 0.3 is 0 Å². The molecule has 12 aromatic carbocycles. The van der Waals surface area contributed by atoms with Crippen LogP contribution in [-0.2, 0) is 0 Å². The maximum Gasteiger partial charge on any atom is 0.150 e. The Morgan fingerprint density at radius 2 is 0.364 bits per heavy atom. The number of halogens is 10. The van der Waals surface area contributed by atoms with Crippen LogP contribution in [0, 0.1) is 58.2 Å². The molecule has 0 aromatic heterocycles. The van der Waals surface area contributed by atoms with Crippen molar-refractivity contribution >= 4 is 97.1 Å². The van der Waals surface area contributed by atoms with Gasteiger partial charge in [-0.2, -0.15) is 0 Å². The largest absolute Gasteiger partial charge is 0.305 e.